The van der Waals surface area contributed by atoms with Crippen LogP contribution in [0.4, 0.5) is 5.69 Å². The minimum atomic E-state index is 0.190. The molecule has 2 aliphatic rings. The first-order valence-electron chi connectivity index (χ1n) is 11.1. The van der Waals surface area contributed by atoms with Crippen molar-refractivity contribution in [3.63, 3.8) is 0 Å². The second kappa shape index (κ2) is 9.02. The quantitative estimate of drug-likeness (QED) is 0.560. The predicted molar refractivity (Wildman–Crippen MR) is 125 cm³/mol. The minimum absolute atomic E-state index is 0.190. The van der Waals surface area contributed by atoms with E-state index >= 15 is 0 Å². The van der Waals surface area contributed by atoms with Crippen LogP contribution in [0.2, 0.25) is 0 Å². The summed E-state index contributed by atoms with van der Waals surface area (Å²) in [5.41, 5.74) is 6.83. The number of phenolic OH excluding ortho intramolecular Hbond substituents is 1. The second-order valence-electron chi connectivity index (χ2n) is 8.53. The zero-order chi connectivity index (χ0) is 21.0. The molecule has 1 aromatic carbocycles. The first-order chi connectivity index (χ1) is 13.9. The van der Waals surface area contributed by atoms with E-state index < -0.39 is 0 Å². The third-order valence-electron chi connectivity index (χ3n) is 6.74. The Morgan fingerprint density at radius 1 is 1.17 bits per heavy atom. The van der Waals surface area contributed by atoms with Gasteiger partial charge < -0.3 is 10.0 Å². The molecule has 1 saturated carbocycles. The van der Waals surface area contributed by atoms with Crippen molar-refractivity contribution in [1.29, 1.82) is 0 Å². The molecule has 0 aliphatic heterocycles. The van der Waals surface area contributed by atoms with Crippen LogP contribution in [0, 0.1) is 20.8 Å². The minimum Gasteiger partial charge on any atom is -0.507 e. The van der Waals surface area contributed by atoms with Crippen LogP contribution >= 0.6 is 0 Å². The number of aromatic hydroxyl groups is 1. The Morgan fingerprint density at radius 3 is 2.48 bits per heavy atom. The molecule has 1 aromatic rings. The molecule has 0 spiro atoms. The topological polar surface area (TPSA) is 35.8 Å². The Morgan fingerprint density at radius 2 is 1.93 bits per heavy atom. The summed E-state index contributed by atoms with van der Waals surface area (Å²) in [6.45, 7) is 11.5. The van der Waals surface area contributed by atoms with Gasteiger partial charge in [0.15, 0.2) is 0 Å². The van der Waals surface area contributed by atoms with Crippen LogP contribution in [0.15, 0.2) is 47.1 Å². The van der Waals surface area contributed by atoms with Crippen molar-refractivity contribution < 1.29 is 5.11 Å². The van der Waals surface area contributed by atoms with Crippen LogP contribution in [-0.4, -0.2) is 22.9 Å². The lowest BCUT2D eigenvalue weighted by Gasteiger charge is -2.52. The van der Waals surface area contributed by atoms with Crippen LogP contribution in [-0.2, 0) is 0 Å². The molecule has 0 bridgehead atoms. The van der Waals surface area contributed by atoms with E-state index in [1.165, 1.54) is 30.5 Å². The summed E-state index contributed by atoms with van der Waals surface area (Å²) in [5.74, 6) is 0.425. The molecule has 0 saturated heterocycles. The SMILES string of the molecule is CC/C=C(/CN(c1cc(C)c(O)c(C)c1C)C1(CC)CCC1)N=C1C=CC=CC1. The van der Waals surface area contributed by atoms with E-state index in [9.17, 15) is 5.11 Å². The molecular weight excluding hydrogens is 356 g/mol. The maximum atomic E-state index is 10.4. The van der Waals surface area contributed by atoms with Gasteiger partial charge in [0, 0.05) is 23.4 Å². The van der Waals surface area contributed by atoms with Crippen molar-refractivity contribution >= 4 is 11.4 Å². The lowest BCUT2D eigenvalue weighted by molar-refractivity contribution is 0.222. The van der Waals surface area contributed by atoms with Gasteiger partial charge in [-0.1, -0.05) is 38.2 Å². The van der Waals surface area contributed by atoms with Crippen molar-refractivity contribution in [3.8, 4) is 5.75 Å². The van der Waals surface area contributed by atoms with Gasteiger partial charge in [-0.25, -0.2) is 0 Å². The molecular formula is C26H36N2O. The third-order valence-corrected chi connectivity index (χ3v) is 6.74. The average molecular weight is 393 g/mol. The zero-order valence-electron chi connectivity index (χ0n) is 18.8. The van der Waals surface area contributed by atoms with Crippen molar-refractivity contribution in [3.05, 3.63) is 58.8 Å². The molecule has 2 aliphatic carbocycles. The van der Waals surface area contributed by atoms with Gasteiger partial charge in [-0.3, -0.25) is 4.99 Å². The van der Waals surface area contributed by atoms with E-state index in [1.54, 1.807) is 0 Å². The molecule has 3 rings (SSSR count). The van der Waals surface area contributed by atoms with Crippen LogP contribution in [0.3, 0.4) is 0 Å². The van der Waals surface area contributed by atoms with Crippen molar-refractivity contribution in [2.24, 2.45) is 4.99 Å². The summed E-state index contributed by atoms with van der Waals surface area (Å²) in [6.07, 6.45) is 17.4. The van der Waals surface area contributed by atoms with E-state index in [4.69, 9.17) is 4.99 Å². The first kappa shape index (κ1) is 21.4. The number of hydrogen-bond donors (Lipinski definition) is 1. The largest absolute Gasteiger partial charge is 0.507 e. The lowest BCUT2D eigenvalue weighted by atomic mass is 9.72. The number of benzene rings is 1. The molecule has 29 heavy (non-hydrogen) atoms. The Balaban J connectivity index is 2.04. The predicted octanol–water partition coefficient (Wildman–Crippen LogP) is 6.71. The smallest absolute Gasteiger partial charge is 0.121 e. The molecule has 3 heteroatoms. The Kier molecular flexibility index (Phi) is 6.66. The van der Waals surface area contributed by atoms with Crippen LogP contribution < -0.4 is 4.90 Å². The number of phenols is 1. The number of rotatable bonds is 7. The molecule has 0 aromatic heterocycles. The fourth-order valence-corrected chi connectivity index (χ4v) is 4.55. The molecule has 3 nitrogen and oxygen atoms in total. The summed E-state index contributed by atoms with van der Waals surface area (Å²) in [5, 5.41) is 10.4. The summed E-state index contributed by atoms with van der Waals surface area (Å²) in [4.78, 5) is 7.63. The average Bonchev–Trinajstić information content (AvgIpc) is 2.69. The zero-order valence-corrected chi connectivity index (χ0v) is 18.8. The van der Waals surface area contributed by atoms with Gasteiger partial charge in [-0.05, 0) is 81.7 Å². The van der Waals surface area contributed by atoms with Crippen molar-refractivity contribution in [2.75, 3.05) is 11.4 Å². The monoisotopic (exact) mass is 392 g/mol. The van der Waals surface area contributed by atoms with Crippen LogP contribution in [0.25, 0.3) is 0 Å². The highest BCUT2D eigenvalue weighted by Crippen LogP contribution is 2.46. The number of nitrogens with zero attached hydrogens (tertiary/aromatic N) is 2. The number of hydrogen-bond acceptors (Lipinski definition) is 3. The molecule has 0 amide bonds. The van der Waals surface area contributed by atoms with Gasteiger partial charge in [0.2, 0.25) is 0 Å². The Labute approximate surface area is 176 Å². The van der Waals surface area contributed by atoms with E-state index in [1.807, 2.05) is 13.8 Å². The second-order valence-corrected chi connectivity index (χ2v) is 8.53. The summed E-state index contributed by atoms with van der Waals surface area (Å²) in [7, 11) is 0. The Bertz CT molecular complexity index is 864. The van der Waals surface area contributed by atoms with E-state index in [0.717, 1.165) is 48.3 Å². The molecule has 0 radical (unpaired) electrons. The fourth-order valence-electron chi connectivity index (χ4n) is 4.55. The van der Waals surface area contributed by atoms with Crippen molar-refractivity contribution in [2.45, 2.75) is 78.7 Å². The summed E-state index contributed by atoms with van der Waals surface area (Å²) in [6, 6.07) is 2.17. The standard InChI is InChI=1S/C26H36N2O/c1-6-12-23(27-22-13-9-8-10-14-22)18-28(26(7-2)15-11-16-26)24-17-19(3)25(29)21(5)20(24)4/h8-10,12-13,17,29H,6-7,11,14-16,18H2,1-5H3/b23-12-,27-22?. The summed E-state index contributed by atoms with van der Waals surface area (Å²) >= 11 is 0. The molecule has 1 fully saturated rings. The van der Waals surface area contributed by atoms with Crippen LogP contribution in [0.1, 0.15) is 69.1 Å². The maximum absolute atomic E-state index is 10.4. The highest BCUT2D eigenvalue weighted by atomic mass is 16.3. The number of allylic oxidation sites excluding steroid dienone is 5. The van der Waals surface area contributed by atoms with E-state index in [0.29, 0.717) is 5.75 Å². The third kappa shape index (κ3) is 4.34. The molecule has 156 valence electrons. The number of anilines is 1. The number of aliphatic imine (C=N–C) groups is 1. The molecule has 0 unspecified atom stereocenters. The molecule has 0 atom stereocenters. The van der Waals surface area contributed by atoms with Gasteiger partial charge in [0.1, 0.15) is 5.75 Å². The van der Waals surface area contributed by atoms with E-state index in [2.05, 4.69) is 62.1 Å². The normalized spacial score (nSPS) is 19.5. The molecule has 1 N–H and O–H groups in total. The van der Waals surface area contributed by atoms with Crippen LogP contribution in [0.5, 0.6) is 5.75 Å². The Hall–Kier alpha value is -2.29. The molecule has 0 heterocycles. The highest BCUT2D eigenvalue weighted by Gasteiger charge is 2.42. The van der Waals surface area contributed by atoms with Gasteiger partial charge in [-0.15, -0.1) is 0 Å². The fraction of sp³-hybridized carbons (Fsp3) is 0.500. The van der Waals surface area contributed by atoms with Gasteiger partial charge in [-0.2, -0.15) is 0 Å². The summed E-state index contributed by atoms with van der Waals surface area (Å²) < 4.78 is 0. The first-order valence-corrected chi connectivity index (χ1v) is 11.1. The maximum Gasteiger partial charge on any atom is 0.121 e. The number of aryl methyl sites for hydroxylation is 1. The van der Waals surface area contributed by atoms with Gasteiger partial charge >= 0.3 is 0 Å². The van der Waals surface area contributed by atoms with Gasteiger partial charge in [0.05, 0.1) is 12.2 Å². The lowest BCUT2D eigenvalue weighted by Crippen LogP contribution is -2.54. The van der Waals surface area contributed by atoms with E-state index in [-0.39, 0.29) is 5.54 Å². The highest BCUT2D eigenvalue weighted by molar-refractivity contribution is 5.97. The van der Waals surface area contributed by atoms with Gasteiger partial charge in [0.25, 0.3) is 0 Å². The van der Waals surface area contributed by atoms with Crippen molar-refractivity contribution in [1.82, 2.24) is 0 Å².